The number of carboxylic acids is 1. The number of pyridine rings is 1. The first-order valence-corrected chi connectivity index (χ1v) is 4.85. The smallest absolute Gasteiger partial charge is 0.319 e. The number of rotatable bonds is 5. The molecular formula is C10H13N3O3. The first kappa shape index (κ1) is 12.0. The lowest BCUT2D eigenvalue weighted by molar-refractivity contribution is -0.137. The number of nitrogens with zero attached hydrogens (tertiary/aromatic N) is 1. The highest BCUT2D eigenvalue weighted by Crippen LogP contribution is 2.01. The van der Waals surface area contributed by atoms with Gasteiger partial charge in [0.1, 0.15) is 0 Å². The maximum atomic E-state index is 11.3. The van der Waals surface area contributed by atoms with E-state index in [2.05, 4.69) is 15.6 Å². The molecule has 1 aromatic rings. The molecule has 3 N–H and O–H groups in total. The van der Waals surface area contributed by atoms with Crippen LogP contribution in [0, 0.1) is 0 Å². The normalized spacial score (nSPS) is 9.50. The molecule has 6 heteroatoms. The van der Waals surface area contributed by atoms with E-state index in [9.17, 15) is 9.59 Å². The maximum Gasteiger partial charge on any atom is 0.319 e. The number of anilines is 1. The van der Waals surface area contributed by atoms with Gasteiger partial charge in [0.2, 0.25) is 0 Å². The summed E-state index contributed by atoms with van der Waals surface area (Å²) in [6.45, 7) is 0.332. The van der Waals surface area contributed by atoms with Crippen molar-refractivity contribution in [2.45, 2.75) is 12.8 Å². The molecule has 2 amide bonds. The van der Waals surface area contributed by atoms with Gasteiger partial charge in [0, 0.05) is 19.2 Å². The van der Waals surface area contributed by atoms with Gasteiger partial charge in [0.05, 0.1) is 11.9 Å². The quantitative estimate of drug-likeness (QED) is 0.651. The van der Waals surface area contributed by atoms with Gasteiger partial charge in [-0.3, -0.25) is 9.78 Å². The Bertz CT molecular complexity index is 354. The van der Waals surface area contributed by atoms with Gasteiger partial charge in [0.15, 0.2) is 0 Å². The second kappa shape index (κ2) is 6.39. The summed E-state index contributed by atoms with van der Waals surface area (Å²) in [5, 5.41) is 13.5. The molecule has 0 aromatic carbocycles. The van der Waals surface area contributed by atoms with Crippen molar-refractivity contribution in [3.8, 4) is 0 Å². The fraction of sp³-hybridized carbons (Fsp3) is 0.300. The Morgan fingerprint density at radius 1 is 1.44 bits per heavy atom. The molecule has 0 saturated heterocycles. The number of carbonyl (C=O) groups excluding carboxylic acids is 1. The summed E-state index contributed by atoms with van der Waals surface area (Å²) in [6, 6.07) is 3.06. The first-order chi connectivity index (χ1) is 7.68. The van der Waals surface area contributed by atoms with Gasteiger partial charge in [-0.25, -0.2) is 4.79 Å². The molecule has 0 aliphatic rings. The van der Waals surface area contributed by atoms with E-state index in [1.54, 1.807) is 18.3 Å². The molecule has 0 spiro atoms. The van der Waals surface area contributed by atoms with E-state index >= 15 is 0 Å². The zero-order chi connectivity index (χ0) is 11.8. The van der Waals surface area contributed by atoms with E-state index in [0.717, 1.165) is 0 Å². The lowest BCUT2D eigenvalue weighted by Gasteiger charge is -2.05. The third-order valence-corrected chi connectivity index (χ3v) is 1.77. The minimum Gasteiger partial charge on any atom is -0.481 e. The van der Waals surface area contributed by atoms with Gasteiger partial charge in [-0.1, -0.05) is 0 Å². The van der Waals surface area contributed by atoms with Crippen LogP contribution in [-0.4, -0.2) is 28.6 Å². The van der Waals surface area contributed by atoms with Crippen molar-refractivity contribution < 1.29 is 14.7 Å². The Kier molecular flexibility index (Phi) is 4.78. The predicted molar refractivity (Wildman–Crippen MR) is 58.1 cm³/mol. The van der Waals surface area contributed by atoms with E-state index in [1.165, 1.54) is 6.20 Å². The molecule has 16 heavy (non-hydrogen) atoms. The minimum absolute atomic E-state index is 0.0488. The van der Waals surface area contributed by atoms with Crippen LogP contribution >= 0.6 is 0 Å². The number of hydrogen-bond donors (Lipinski definition) is 3. The molecule has 1 rings (SSSR count). The summed E-state index contributed by atoms with van der Waals surface area (Å²) < 4.78 is 0. The van der Waals surface area contributed by atoms with Crippen molar-refractivity contribution >= 4 is 17.7 Å². The number of carbonyl (C=O) groups is 2. The standard InChI is InChI=1S/C10H13N3O3/c14-9(15)4-2-6-12-10(16)13-8-3-1-5-11-7-8/h1,3,5,7H,2,4,6H2,(H,14,15)(H2,12,13,16). The summed E-state index contributed by atoms with van der Waals surface area (Å²) >= 11 is 0. The fourth-order valence-corrected chi connectivity index (χ4v) is 1.05. The monoisotopic (exact) mass is 223 g/mol. The maximum absolute atomic E-state index is 11.3. The van der Waals surface area contributed by atoms with Gasteiger partial charge in [-0.05, 0) is 18.6 Å². The van der Waals surface area contributed by atoms with E-state index in [-0.39, 0.29) is 12.5 Å². The third kappa shape index (κ3) is 4.94. The van der Waals surface area contributed by atoms with Crippen molar-refractivity contribution in [2.75, 3.05) is 11.9 Å². The molecule has 0 atom stereocenters. The van der Waals surface area contributed by atoms with Gasteiger partial charge in [0.25, 0.3) is 0 Å². The summed E-state index contributed by atoms with van der Waals surface area (Å²) in [4.78, 5) is 25.3. The van der Waals surface area contributed by atoms with Crippen LogP contribution in [0.3, 0.4) is 0 Å². The van der Waals surface area contributed by atoms with Gasteiger partial charge in [-0.2, -0.15) is 0 Å². The Labute approximate surface area is 92.7 Å². The molecule has 0 radical (unpaired) electrons. The number of nitrogens with one attached hydrogen (secondary N) is 2. The Morgan fingerprint density at radius 2 is 2.25 bits per heavy atom. The van der Waals surface area contributed by atoms with Crippen LogP contribution in [-0.2, 0) is 4.79 Å². The zero-order valence-electron chi connectivity index (χ0n) is 8.64. The molecule has 0 aliphatic carbocycles. The fourth-order valence-electron chi connectivity index (χ4n) is 1.05. The van der Waals surface area contributed by atoms with Crippen molar-refractivity contribution in [3.05, 3.63) is 24.5 Å². The predicted octanol–water partition coefficient (Wildman–Crippen LogP) is 1.07. The molecule has 0 bridgehead atoms. The SMILES string of the molecule is O=C(O)CCCNC(=O)Nc1cccnc1. The van der Waals surface area contributed by atoms with Crippen LogP contribution in [0.25, 0.3) is 0 Å². The molecule has 86 valence electrons. The van der Waals surface area contributed by atoms with Crippen LogP contribution in [0.1, 0.15) is 12.8 Å². The molecule has 0 aliphatic heterocycles. The molecule has 6 nitrogen and oxygen atoms in total. The Morgan fingerprint density at radius 3 is 2.88 bits per heavy atom. The van der Waals surface area contributed by atoms with Gasteiger partial charge >= 0.3 is 12.0 Å². The largest absolute Gasteiger partial charge is 0.481 e. The highest BCUT2D eigenvalue weighted by atomic mass is 16.4. The number of carboxylic acid groups (broad SMARTS) is 1. The molecular weight excluding hydrogens is 210 g/mol. The lowest BCUT2D eigenvalue weighted by atomic mass is 10.3. The molecule has 0 saturated carbocycles. The minimum atomic E-state index is -0.866. The van der Waals surface area contributed by atoms with Crippen molar-refractivity contribution in [1.29, 1.82) is 0 Å². The number of hydrogen-bond acceptors (Lipinski definition) is 3. The number of urea groups is 1. The van der Waals surface area contributed by atoms with Crippen molar-refractivity contribution in [2.24, 2.45) is 0 Å². The Hall–Kier alpha value is -2.11. The highest BCUT2D eigenvalue weighted by molar-refractivity contribution is 5.88. The van der Waals surface area contributed by atoms with E-state index < -0.39 is 5.97 Å². The second-order valence-corrected chi connectivity index (χ2v) is 3.12. The number of aliphatic carboxylic acids is 1. The molecule has 0 unspecified atom stereocenters. The topological polar surface area (TPSA) is 91.3 Å². The van der Waals surface area contributed by atoms with E-state index in [1.807, 2.05) is 0 Å². The van der Waals surface area contributed by atoms with Crippen LogP contribution < -0.4 is 10.6 Å². The van der Waals surface area contributed by atoms with Gasteiger partial charge < -0.3 is 15.7 Å². The summed E-state index contributed by atoms with van der Waals surface area (Å²) in [6.07, 6.45) is 3.59. The first-order valence-electron chi connectivity index (χ1n) is 4.85. The van der Waals surface area contributed by atoms with Crippen molar-refractivity contribution in [1.82, 2.24) is 10.3 Å². The highest BCUT2D eigenvalue weighted by Gasteiger charge is 2.01. The third-order valence-electron chi connectivity index (χ3n) is 1.77. The van der Waals surface area contributed by atoms with E-state index in [4.69, 9.17) is 5.11 Å². The van der Waals surface area contributed by atoms with E-state index in [0.29, 0.717) is 18.7 Å². The number of aromatic nitrogens is 1. The average Bonchev–Trinajstić information content (AvgIpc) is 2.25. The molecule has 0 fully saturated rings. The molecule has 1 aromatic heterocycles. The molecule has 1 heterocycles. The van der Waals surface area contributed by atoms with Crippen LogP contribution in [0.5, 0.6) is 0 Å². The summed E-state index contributed by atoms with van der Waals surface area (Å²) in [7, 11) is 0. The van der Waals surface area contributed by atoms with Gasteiger partial charge in [-0.15, -0.1) is 0 Å². The number of amides is 2. The van der Waals surface area contributed by atoms with Crippen molar-refractivity contribution in [3.63, 3.8) is 0 Å². The lowest BCUT2D eigenvalue weighted by Crippen LogP contribution is -2.29. The second-order valence-electron chi connectivity index (χ2n) is 3.12. The zero-order valence-corrected chi connectivity index (χ0v) is 8.64. The average molecular weight is 223 g/mol. The van der Waals surface area contributed by atoms with Crippen LogP contribution in [0.15, 0.2) is 24.5 Å². The summed E-state index contributed by atoms with van der Waals surface area (Å²) in [5.74, 6) is -0.866. The Balaban J connectivity index is 2.19. The van der Waals surface area contributed by atoms with Crippen LogP contribution in [0.4, 0.5) is 10.5 Å². The van der Waals surface area contributed by atoms with Crippen LogP contribution in [0.2, 0.25) is 0 Å². The summed E-state index contributed by atoms with van der Waals surface area (Å²) in [5.41, 5.74) is 0.596.